The third-order valence-electron chi connectivity index (χ3n) is 4.01. The van der Waals surface area contributed by atoms with E-state index in [4.69, 9.17) is 5.11 Å². The van der Waals surface area contributed by atoms with Gasteiger partial charge >= 0.3 is 5.97 Å². The summed E-state index contributed by atoms with van der Waals surface area (Å²) in [6.45, 7) is 3.62. The number of nitrogens with zero attached hydrogens (tertiary/aromatic N) is 3. The van der Waals surface area contributed by atoms with Gasteiger partial charge in [0.15, 0.2) is 0 Å². The molecule has 0 fully saturated rings. The smallest absolute Gasteiger partial charge is 0.317 e. The Kier molecular flexibility index (Phi) is 10.3. The maximum Gasteiger partial charge on any atom is 0.317 e. The minimum atomic E-state index is -0.899. The number of nitrogens with one attached hydrogen (secondary N) is 3. The monoisotopic (exact) mass is 400 g/mol. The van der Waals surface area contributed by atoms with Gasteiger partial charge in [-0.05, 0) is 24.3 Å². The minimum Gasteiger partial charge on any atom is -0.480 e. The predicted molar refractivity (Wildman–Crippen MR) is 109 cm³/mol. The zero-order valence-electron chi connectivity index (χ0n) is 16.4. The van der Waals surface area contributed by atoms with E-state index >= 15 is 0 Å². The molecule has 0 aliphatic heterocycles. The Hall–Kier alpha value is -2.88. The van der Waals surface area contributed by atoms with E-state index in [-0.39, 0.29) is 19.0 Å². The van der Waals surface area contributed by atoms with Crippen LogP contribution in [0.3, 0.4) is 0 Å². The average Bonchev–Trinajstić information content (AvgIpc) is 2.72. The van der Waals surface area contributed by atoms with E-state index in [1.165, 1.54) is 0 Å². The van der Waals surface area contributed by atoms with Gasteiger partial charge in [-0.2, -0.15) is 0 Å². The molecule has 0 aliphatic rings. The SMILES string of the molecule is O=C(O)CNCCNCC(=O)NCCN(Cc1ccccn1)Cc1ccccn1. The molecule has 2 heterocycles. The number of carboxylic acid groups (broad SMARTS) is 1. The van der Waals surface area contributed by atoms with Gasteiger partial charge in [-0.25, -0.2) is 0 Å². The summed E-state index contributed by atoms with van der Waals surface area (Å²) >= 11 is 0. The summed E-state index contributed by atoms with van der Waals surface area (Å²) in [5, 5.41) is 17.1. The maximum atomic E-state index is 12.0. The topological polar surface area (TPSA) is 119 Å². The lowest BCUT2D eigenvalue weighted by Gasteiger charge is -2.22. The molecular formula is C20H28N6O3. The van der Waals surface area contributed by atoms with Gasteiger partial charge in [0, 0.05) is 51.7 Å². The van der Waals surface area contributed by atoms with Crippen molar-refractivity contribution in [1.29, 1.82) is 0 Å². The van der Waals surface area contributed by atoms with Crippen LogP contribution in [-0.2, 0) is 22.7 Å². The number of hydrogen-bond acceptors (Lipinski definition) is 7. The standard InChI is InChI=1S/C20H28N6O3/c27-19(13-21-9-10-22-14-20(28)29)25-11-12-26(15-17-5-1-3-7-23-17)16-18-6-2-4-8-24-18/h1-8,21-22H,9-16H2,(H,25,27)(H,28,29). The van der Waals surface area contributed by atoms with Crippen molar-refractivity contribution < 1.29 is 14.7 Å². The Balaban J connectivity index is 1.71. The van der Waals surface area contributed by atoms with Crippen molar-refractivity contribution in [2.24, 2.45) is 0 Å². The molecule has 2 aromatic rings. The summed E-state index contributed by atoms with van der Waals surface area (Å²) in [7, 11) is 0. The molecule has 2 rings (SSSR count). The fraction of sp³-hybridized carbons (Fsp3) is 0.400. The van der Waals surface area contributed by atoms with Crippen LogP contribution in [0.15, 0.2) is 48.8 Å². The summed E-state index contributed by atoms with van der Waals surface area (Å²) in [6.07, 6.45) is 3.54. The Bertz CT molecular complexity index is 688. The van der Waals surface area contributed by atoms with Gasteiger partial charge in [-0.15, -0.1) is 0 Å². The summed E-state index contributed by atoms with van der Waals surface area (Å²) < 4.78 is 0. The fourth-order valence-electron chi connectivity index (χ4n) is 2.65. The highest BCUT2D eigenvalue weighted by Gasteiger charge is 2.09. The summed E-state index contributed by atoms with van der Waals surface area (Å²) in [5.74, 6) is -0.998. The van der Waals surface area contributed by atoms with Crippen LogP contribution in [0.25, 0.3) is 0 Å². The van der Waals surface area contributed by atoms with Gasteiger partial charge in [0.1, 0.15) is 0 Å². The molecule has 0 spiro atoms. The van der Waals surface area contributed by atoms with Crippen molar-refractivity contribution in [2.45, 2.75) is 13.1 Å². The largest absolute Gasteiger partial charge is 0.480 e. The molecule has 0 aliphatic carbocycles. The molecule has 0 unspecified atom stereocenters. The predicted octanol–water partition coefficient (Wildman–Crippen LogP) is -0.141. The Morgan fingerprint density at radius 1 is 0.862 bits per heavy atom. The van der Waals surface area contributed by atoms with E-state index in [0.29, 0.717) is 39.3 Å². The second kappa shape index (κ2) is 13.3. The molecule has 2 aromatic heterocycles. The number of carbonyl (C=O) groups excluding carboxylic acids is 1. The van der Waals surface area contributed by atoms with Crippen molar-refractivity contribution in [2.75, 3.05) is 39.3 Å². The molecule has 0 radical (unpaired) electrons. The molecule has 1 amide bonds. The zero-order valence-corrected chi connectivity index (χ0v) is 16.4. The molecule has 9 heteroatoms. The van der Waals surface area contributed by atoms with E-state index in [1.54, 1.807) is 12.4 Å². The van der Waals surface area contributed by atoms with E-state index in [0.717, 1.165) is 11.4 Å². The number of rotatable bonds is 14. The van der Waals surface area contributed by atoms with Crippen LogP contribution in [-0.4, -0.2) is 71.1 Å². The van der Waals surface area contributed by atoms with Crippen molar-refractivity contribution in [1.82, 2.24) is 30.8 Å². The normalized spacial score (nSPS) is 10.8. The first-order valence-electron chi connectivity index (χ1n) is 9.55. The molecular weight excluding hydrogens is 372 g/mol. The Labute approximate surface area is 170 Å². The van der Waals surface area contributed by atoms with E-state index in [2.05, 4.69) is 30.8 Å². The molecule has 0 bridgehead atoms. The minimum absolute atomic E-state index is 0.0870. The highest BCUT2D eigenvalue weighted by atomic mass is 16.4. The number of hydrogen-bond donors (Lipinski definition) is 4. The van der Waals surface area contributed by atoms with E-state index in [9.17, 15) is 9.59 Å². The lowest BCUT2D eigenvalue weighted by molar-refractivity contribution is -0.136. The molecule has 0 aromatic carbocycles. The average molecular weight is 400 g/mol. The van der Waals surface area contributed by atoms with E-state index < -0.39 is 5.97 Å². The molecule has 0 saturated heterocycles. The number of aromatic nitrogens is 2. The van der Waals surface area contributed by atoms with Gasteiger partial charge in [-0.1, -0.05) is 12.1 Å². The highest BCUT2D eigenvalue weighted by molar-refractivity contribution is 5.77. The first-order chi connectivity index (χ1) is 14.1. The van der Waals surface area contributed by atoms with Crippen LogP contribution >= 0.6 is 0 Å². The lowest BCUT2D eigenvalue weighted by atomic mass is 10.3. The van der Waals surface area contributed by atoms with Crippen LogP contribution in [0.1, 0.15) is 11.4 Å². The zero-order chi connectivity index (χ0) is 20.7. The van der Waals surface area contributed by atoms with Crippen LogP contribution < -0.4 is 16.0 Å². The first kappa shape index (κ1) is 22.4. The molecule has 29 heavy (non-hydrogen) atoms. The number of carboxylic acids is 1. The van der Waals surface area contributed by atoms with Gasteiger partial charge < -0.3 is 21.1 Å². The van der Waals surface area contributed by atoms with Crippen molar-refractivity contribution >= 4 is 11.9 Å². The number of carbonyl (C=O) groups is 2. The Morgan fingerprint density at radius 2 is 1.45 bits per heavy atom. The number of pyridine rings is 2. The quantitative estimate of drug-likeness (QED) is 0.324. The van der Waals surface area contributed by atoms with Crippen LogP contribution in [0, 0.1) is 0 Å². The molecule has 156 valence electrons. The number of aliphatic carboxylic acids is 1. The second-order valence-corrected chi connectivity index (χ2v) is 6.45. The van der Waals surface area contributed by atoms with Crippen molar-refractivity contribution in [3.63, 3.8) is 0 Å². The maximum absolute atomic E-state index is 12.0. The van der Waals surface area contributed by atoms with Crippen LogP contribution in [0.2, 0.25) is 0 Å². The van der Waals surface area contributed by atoms with Gasteiger partial charge in [0.25, 0.3) is 0 Å². The summed E-state index contributed by atoms with van der Waals surface area (Å²) in [4.78, 5) is 33.3. The van der Waals surface area contributed by atoms with E-state index in [1.807, 2.05) is 36.4 Å². The Morgan fingerprint density at radius 3 is 1.97 bits per heavy atom. The highest BCUT2D eigenvalue weighted by Crippen LogP contribution is 2.06. The third kappa shape index (κ3) is 10.3. The van der Waals surface area contributed by atoms with Crippen LogP contribution in [0.5, 0.6) is 0 Å². The second-order valence-electron chi connectivity index (χ2n) is 6.45. The summed E-state index contributed by atoms with van der Waals surface area (Å²) in [6, 6.07) is 11.6. The lowest BCUT2D eigenvalue weighted by Crippen LogP contribution is -2.40. The fourth-order valence-corrected chi connectivity index (χ4v) is 2.65. The van der Waals surface area contributed by atoms with Crippen molar-refractivity contribution in [3.8, 4) is 0 Å². The third-order valence-corrected chi connectivity index (χ3v) is 4.01. The summed E-state index contributed by atoms with van der Waals surface area (Å²) in [5.41, 5.74) is 1.93. The van der Waals surface area contributed by atoms with Gasteiger partial charge in [0.05, 0.1) is 24.5 Å². The van der Waals surface area contributed by atoms with Gasteiger partial charge in [0.2, 0.25) is 5.91 Å². The van der Waals surface area contributed by atoms with Gasteiger partial charge in [-0.3, -0.25) is 24.5 Å². The first-order valence-corrected chi connectivity index (χ1v) is 9.55. The number of amides is 1. The molecule has 0 atom stereocenters. The molecule has 0 saturated carbocycles. The molecule has 9 nitrogen and oxygen atoms in total. The van der Waals surface area contributed by atoms with Crippen molar-refractivity contribution in [3.05, 3.63) is 60.2 Å². The van der Waals surface area contributed by atoms with Crippen LogP contribution in [0.4, 0.5) is 0 Å². The molecule has 4 N–H and O–H groups in total.